The van der Waals surface area contributed by atoms with E-state index in [4.69, 9.17) is 4.74 Å². The van der Waals surface area contributed by atoms with Gasteiger partial charge < -0.3 is 4.74 Å². The molecule has 1 aliphatic rings. The Hall–Kier alpha value is -0.520. The van der Waals surface area contributed by atoms with Crippen molar-refractivity contribution in [2.75, 3.05) is 6.61 Å². The Morgan fingerprint density at radius 2 is 2.16 bits per heavy atom. The predicted molar refractivity (Wildman–Crippen MR) is 83.0 cm³/mol. The third-order valence-electron chi connectivity index (χ3n) is 2.92. The molecule has 3 nitrogen and oxygen atoms in total. The third kappa shape index (κ3) is 3.74. The van der Waals surface area contributed by atoms with Crippen molar-refractivity contribution in [1.29, 1.82) is 0 Å². The number of halogens is 1. The van der Waals surface area contributed by atoms with Gasteiger partial charge in [-0.3, -0.25) is 0 Å². The molecule has 0 bridgehead atoms. The standard InChI is InChI=1S/C14H18BrNO2S/c1-14(2,3)19(17)16-8-11-7-12(15)6-10-4-5-18-9-13(10)11/h6-8H,4-5,9H2,1-3H3/b16-8+/t19-/m0/s1. The van der Waals surface area contributed by atoms with Crippen LogP contribution in [0, 0.1) is 0 Å². The first-order valence-electron chi connectivity index (χ1n) is 6.23. The third-order valence-corrected chi connectivity index (χ3v) is 4.72. The molecule has 0 N–H and O–H groups in total. The van der Waals surface area contributed by atoms with Crippen molar-refractivity contribution in [2.24, 2.45) is 4.40 Å². The lowest BCUT2D eigenvalue weighted by atomic mass is 9.98. The fourth-order valence-corrected chi connectivity index (χ4v) is 2.90. The summed E-state index contributed by atoms with van der Waals surface area (Å²) in [6.07, 6.45) is 2.62. The van der Waals surface area contributed by atoms with E-state index in [0.29, 0.717) is 6.61 Å². The summed E-state index contributed by atoms with van der Waals surface area (Å²) in [5, 5.41) is 0. The highest BCUT2D eigenvalue weighted by Gasteiger charge is 2.19. The average Bonchev–Trinajstić information content (AvgIpc) is 2.34. The summed E-state index contributed by atoms with van der Waals surface area (Å²) in [4.78, 5) is 0. The minimum Gasteiger partial charge on any atom is -0.376 e. The molecular formula is C14H18BrNO2S. The number of rotatable bonds is 2. The number of nitrogens with zero attached hydrogens (tertiary/aromatic N) is 1. The van der Waals surface area contributed by atoms with E-state index < -0.39 is 11.0 Å². The van der Waals surface area contributed by atoms with Crippen molar-refractivity contribution in [1.82, 2.24) is 0 Å². The van der Waals surface area contributed by atoms with Gasteiger partial charge in [0.15, 0.2) is 0 Å². The van der Waals surface area contributed by atoms with Gasteiger partial charge in [0.05, 0.1) is 18.0 Å². The topological polar surface area (TPSA) is 38.7 Å². The molecule has 104 valence electrons. The zero-order chi connectivity index (χ0) is 14.0. The molecule has 1 heterocycles. The van der Waals surface area contributed by atoms with Crippen LogP contribution in [0.25, 0.3) is 0 Å². The minimum absolute atomic E-state index is 0.334. The van der Waals surface area contributed by atoms with E-state index in [-0.39, 0.29) is 4.75 Å². The van der Waals surface area contributed by atoms with Gasteiger partial charge in [-0.15, -0.1) is 0 Å². The van der Waals surface area contributed by atoms with Crippen LogP contribution in [0.5, 0.6) is 0 Å². The zero-order valence-corrected chi connectivity index (χ0v) is 13.8. The zero-order valence-electron chi connectivity index (χ0n) is 11.4. The Balaban J connectivity index is 2.32. The lowest BCUT2D eigenvalue weighted by Crippen LogP contribution is -2.20. The van der Waals surface area contributed by atoms with Crippen LogP contribution in [-0.2, 0) is 28.8 Å². The molecule has 19 heavy (non-hydrogen) atoms. The van der Waals surface area contributed by atoms with Gasteiger partial charge in [-0.2, -0.15) is 4.40 Å². The van der Waals surface area contributed by atoms with Crippen LogP contribution in [0.1, 0.15) is 37.5 Å². The average molecular weight is 344 g/mol. The normalized spacial score (nSPS) is 17.5. The summed E-state index contributed by atoms with van der Waals surface area (Å²) >= 11 is 3.51. The molecule has 0 aromatic heterocycles. The van der Waals surface area contributed by atoms with Crippen LogP contribution in [-0.4, -0.2) is 21.8 Å². The molecular weight excluding hydrogens is 326 g/mol. The summed E-state index contributed by atoms with van der Waals surface area (Å²) in [6, 6.07) is 4.12. The summed E-state index contributed by atoms with van der Waals surface area (Å²) < 4.78 is 22.3. The Kier molecular flexibility index (Phi) is 4.58. The van der Waals surface area contributed by atoms with Crippen LogP contribution >= 0.6 is 15.9 Å². The van der Waals surface area contributed by atoms with Gasteiger partial charge >= 0.3 is 0 Å². The molecule has 0 radical (unpaired) electrons. The highest BCUT2D eigenvalue weighted by atomic mass is 79.9. The summed E-state index contributed by atoms with van der Waals surface area (Å²) in [5.41, 5.74) is 3.43. The van der Waals surface area contributed by atoms with E-state index in [1.165, 1.54) is 5.56 Å². The Bertz CT molecular complexity index is 535. The van der Waals surface area contributed by atoms with Gasteiger partial charge in [0.1, 0.15) is 11.0 Å². The summed E-state index contributed by atoms with van der Waals surface area (Å²) in [5.74, 6) is 0. The molecule has 1 aromatic rings. The Labute approximate surface area is 125 Å². The van der Waals surface area contributed by atoms with Crippen molar-refractivity contribution in [2.45, 2.75) is 38.5 Å². The van der Waals surface area contributed by atoms with Gasteiger partial charge in [-0.1, -0.05) is 15.9 Å². The Morgan fingerprint density at radius 3 is 2.84 bits per heavy atom. The first-order chi connectivity index (χ1) is 8.88. The fourth-order valence-electron chi connectivity index (χ4n) is 1.85. The van der Waals surface area contributed by atoms with Crippen LogP contribution in [0.3, 0.4) is 0 Å². The highest BCUT2D eigenvalue weighted by molar-refractivity contribution is 9.10. The molecule has 0 unspecified atom stereocenters. The van der Waals surface area contributed by atoms with Crippen molar-refractivity contribution in [3.63, 3.8) is 0 Å². The van der Waals surface area contributed by atoms with Gasteiger partial charge in [-0.05, 0) is 50.5 Å². The summed E-state index contributed by atoms with van der Waals surface area (Å²) in [6.45, 7) is 7.11. The Morgan fingerprint density at radius 1 is 1.42 bits per heavy atom. The fraction of sp³-hybridized carbons (Fsp3) is 0.500. The molecule has 0 saturated heterocycles. The number of hydrogen-bond acceptors (Lipinski definition) is 2. The lowest BCUT2D eigenvalue weighted by molar-refractivity contribution is 0.110. The molecule has 0 spiro atoms. The maximum atomic E-state index is 12.0. The van der Waals surface area contributed by atoms with Crippen molar-refractivity contribution in [3.8, 4) is 0 Å². The molecule has 1 aromatic carbocycles. The molecule has 0 saturated carbocycles. The predicted octanol–water partition coefficient (Wildman–Crippen LogP) is 3.40. The van der Waals surface area contributed by atoms with E-state index in [1.54, 1.807) is 6.21 Å². The van der Waals surface area contributed by atoms with E-state index in [0.717, 1.165) is 28.6 Å². The second-order valence-electron chi connectivity index (χ2n) is 5.53. The summed E-state index contributed by atoms with van der Waals surface area (Å²) in [7, 11) is -1.23. The molecule has 5 heteroatoms. The van der Waals surface area contributed by atoms with E-state index in [9.17, 15) is 4.21 Å². The molecule has 1 atom stereocenters. The monoisotopic (exact) mass is 343 g/mol. The maximum Gasteiger partial charge on any atom is 0.144 e. The number of hydrogen-bond donors (Lipinski definition) is 0. The van der Waals surface area contributed by atoms with Crippen LogP contribution in [0.2, 0.25) is 0 Å². The highest BCUT2D eigenvalue weighted by Crippen LogP contribution is 2.25. The lowest BCUT2D eigenvalue weighted by Gasteiger charge is -2.19. The van der Waals surface area contributed by atoms with Gasteiger partial charge in [-0.25, -0.2) is 4.21 Å². The second kappa shape index (κ2) is 5.85. The number of fused-ring (bicyclic) bond motifs is 1. The quantitative estimate of drug-likeness (QED) is 0.772. The first-order valence-corrected chi connectivity index (χ1v) is 8.13. The van der Waals surface area contributed by atoms with E-state index >= 15 is 0 Å². The number of benzene rings is 1. The van der Waals surface area contributed by atoms with Crippen LogP contribution < -0.4 is 0 Å². The van der Waals surface area contributed by atoms with Crippen LogP contribution in [0.15, 0.2) is 21.0 Å². The largest absolute Gasteiger partial charge is 0.376 e. The SMILES string of the molecule is CC(C)(C)[S@](=O)/N=C/c1cc(Br)cc2c1COCC2. The molecule has 2 rings (SSSR count). The van der Waals surface area contributed by atoms with Gasteiger partial charge in [0, 0.05) is 16.3 Å². The minimum atomic E-state index is -1.23. The van der Waals surface area contributed by atoms with Gasteiger partial charge in [0.25, 0.3) is 0 Å². The molecule has 1 aliphatic heterocycles. The first kappa shape index (κ1) is 14.9. The smallest absolute Gasteiger partial charge is 0.144 e. The maximum absolute atomic E-state index is 12.0. The second-order valence-corrected chi connectivity index (χ2v) is 8.38. The number of ether oxygens (including phenoxy) is 1. The molecule has 0 aliphatic carbocycles. The van der Waals surface area contributed by atoms with Crippen molar-refractivity contribution >= 4 is 33.1 Å². The molecule has 0 fully saturated rings. The molecule has 0 amide bonds. The van der Waals surface area contributed by atoms with Crippen molar-refractivity contribution < 1.29 is 8.95 Å². The van der Waals surface area contributed by atoms with E-state index in [1.807, 2.05) is 26.8 Å². The van der Waals surface area contributed by atoms with Crippen molar-refractivity contribution in [3.05, 3.63) is 33.3 Å². The van der Waals surface area contributed by atoms with Gasteiger partial charge in [0.2, 0.25) is 0 Å². The van der Waals surface area contributed by atoms with E-state index in [2.05, 4.69) is 26.4 Å². The van der Waals surface area contributed by atoms with Crippen LogP contribution in [0.4, 0.5) is 0 Å².